The molecule has 1 unspecified atom stereocenters. The van der Waals surface area contributed by atoms with Crippen LogP contribution in [0.15, 0.2) is 54.6 Å². The van der Waals surface area contributed by atoms with Crippen molar-refractivity contribution in [1.29, 1.82) is 0 Å². The number of hydrogen-bond acceptors (Lipinski definition) is 2. The molecule has 0 saturated carbocycles. The minimum atomic E-state index is -1.09. The van der Waals surface area contributed by atoms with Gasteiger partial charge in [0.05, 0.1) is 0 Å². The lowest BCUT2D eigenvalue weighted by atomic mass is 9.87. The SMILES string of the molecule is CCCCC(O)(/C=C/c1ccc(Cl)cc1)c1cccc(O)c1. The van der Waals surface area contributed by atoms with Gasteiger partial charge in [0.1, 0.15) is 11.4 Å². The van der Waals surface area contributed by atoms with Crippen LogP contribution in [-0.4, -0.2) is 10.2 Å². The summed E-state index contributed by atoms with van der Waals surface area (Å²) in [7, 11) is 0. The molecule has 1 atom stereocenters. The second kappa shape index (κ2) is 7.48. The third-order valence-corrected chi connectivity index (χ3v) is 3.93. The van der Waals surface area contributed by atoms with Crippen LogP contribution in [0.3, 0.4) is 0 Å². The van der Waals surface area contributed by atoms with Gasteiger partial charge in [0, 0.05) is 5.02 Å². The maximum absolute atomic E-state index is 11.0. The van der Waals surface area contributed by atoms with Crippen LogP contribution in [0.2, 0.25) is 5.02 Å². The highest BCUT2D eigenvalue weighted by Crippen LogP contribution is 2.31. The van der Waals surface area contributed by atoms with Gasteiger partial charge in [-0.25, -0.2) is 0 Å². The first kappa shape index (κ1) is 16.6. The highest BCUT2D eigenvalue weighted by molar-refractivity contribution is 6.30. The minimum Gasteiger partial charge on any atom is -0.508 e. The minimum absolute atomic E-state index is 0.160. The van der Waals surface area contributed by atoms with Gasteiger partial charge in [0.25, 0.3) is 0 Å². The lowest BCUT2D eigenvalue weighted by Crippen LogP contribution is -2.22. The average molecular weight is 317 g/mol. The van der Waals surface area contributed by atoms with Crippen LogP contribution in [0.5, 0.6) is 5.75 Å². The number of aromatic hydroxyl groups is 1. The number of aliphatic hydroxyl groups is 1. The zero-order chi connectivity index (χ0) is 16.0. The summed E-state index contributed by atoms with van der Waals surface area (Å²) in [4.78, 5) is 0. The van der Waals surface area contributed by atoms with Gasteiger partial charge < -0.3 is 10.2 Å². The molecule has 3 heteroatoms. The summed E-state index contributed by atoms with van der Waals surface area (Å²) in [6.45, 7) is 2.09. The average Bonchev–Trinajstić information content (AvgIpc) is 2.52. The van der Waals surface area contributed by atoms with Gasteiger partial charge in [0.15, 0.2) is 0 Å². The molecule has 0 amide bonds. The predicted molar refractivity (Wildman–Crippen MR) is 92.0 cm³/mol. The van der Waals surface area contributed by atoms with Crippen molar-refractivity contribution < 1.29 is 10.2 Å². The maximum Gasteiger partial charge on any atom is 0.115 e. The van der Waals surface area contributed by atoms with E-state index in [4.69, 9.17) is 11.6 Å². The number of benzene rings is 2. The lowest BCUT2D eigenvalue weighted by Gasteiger charge is -2.25. The van der Waals surface area contributed by atoms with Crippen LogP contribution in [-0.2, 0) is 5.60 Å². The summed E-state index contributed by atoms with van der Waals surface area (Å²) in [6, 6.07) is 14.2. The van der Waals surface area contributed by atoms with Crippen molar-refractivity contribution in [3.63, 3.8) is 0 Å². The molecule has 2 N–H and O–H groups in total. The van der Waals surface area contributed by atoms with E-state index < -0.39 is 5.60 Å². The van der Waals surface area contributed by atoms with Gasteiger partial charge in [0.2, 0.25) is 0 Å². The number of hydrogen-bond donors (Lipinski definition) is 2. The Morgan fingerprint density at radius 2 is 1.86 bits per heavy atom. The molecule has 0 bridgehead atoms. The van der Waals surface area contributed by atoms with Crippen molar-refractivity contribution in [1.82, 2.24) is 0 Å². The van der Waals surface area contributed by atoms with Crippen LogP contribution in [0, 0.1) is 0 Å². The van der Waals surface area contributed by atoms with E-state index in [1.165, 1.54) is 0 Å². The molecule has 0 heterocycles. The largest absolute Gasteiger partial charge is 0.508 e. The van der Waals surface area contributed by atoms with Gasteiger partial charge in [-0.3, -0.25) is 0 Å². The van der Waals surface area contributed by atoms with E-state index in [-0.39, 0.29) is 5.75 Å². The highest BCUT2D eigenvalue weighted by Gasteiger charge is 2.25. The summed E-state index contributed by atoms with van der Waals surface area (Å²) in [5, 5.41) is 21.4. The summed E-state index contributed by atoms with van der Waals surface area (Å²) in [6.07, 6.45) is 6.18. The van der Waals surface area contributed by atoms with E-state index in [1.54, 1.807) is 24.3 Å². The predicted octanol–water partition coefficient (Wildman–Crippen LogP) is 5.14. The Labute approximate surface area is 136 Å². The van der Waals surface area contributed by atoms with Gasteiger partial charge >= 0.3 is 0 Å². The van der Waals surface area contributed by atoms with Crippen molar-refractivity contribution in [2.24, 2.45) is 0 Å². The Hall–Kier alpha value is -1.77. The molecular weight excluding hydrogens is 296 g/mol. The molecule has 0 aliphatic rings. The van der Waals surface area contributed by atoms with Gasteiger partial charge in [-0.15, -0.1) is 0 Å². The Kier molecular flexibility index (Phi) is 5.64. The van der Waals surface area contributed by atoms with Crippen LogP contribution in [0.4, 0.5) is 0 Å². The lowest BCUT2D eigenvalue weighted by molar-refractivity contribution is 0.0776. The molecule has 2 aromatic rings. The molecule has 2 nitrogen and oxygen atoms in total. The fraction of sp³-hybridized carbons (Fsp3) is 0.263. The molecule has 2 aromatic carbocycles. The molecule has 22 heavy (non-hydrogen) atoms. The van der Waals surface area contributed by atoms with E-state index in [0.29, 0.717) is 17.0 Å². The zero-order valence-corrected chi connectivity index (χ0v) is 13.4. The standard InChI is InChI=1S/C19H21ClO2/c1-2-3-12-19(22,16-5-4-6-18(21)14-16)13-11-15-7-9-17(20)10-8-15/h4-11,13-14,21-22H,2-3,12H2,1H3/b13-11+. The molecule has 0 aliphatic carbocycles. The molecule has 0 fully saturated rings. The van der Waals surface area contributed by atoms with E-state index in [0.717, 1.165) is 18.4 Å². The fourth-order valence-corrected chi connectivity index (χ4v) is 2.48. The Bertz CT molecular complexity index is 634. The van der Waals surface area contributed by atoms with E-state index in [2.05, 4.69) is 6.92 Å². The number of phenolic OH excluding ortho intramolecular Hbond substituents is 1. The molecule has 0 spiro atoms. The second-order valence-electron chi connectivity index (χ2n) is 5.46. The third kappa shape index (κ3) is 4.36. The molecule has 0 aromatic heterocycles. The van der Waals surface area contributed by atoms with Gasteiger partial charge in [-0.05, 0) is 47.9 Å². The number of unbranched alkanes of at least 4 members (excludes halogenated alkanes) is 1. The number of rotatable bonds is 6. The third-order valence-electron chi connectivity index (χ3n) is 3.68. The highest BCUT2D eigenvalue weighted by atomic mass is 35.5. The normalized spacial score (nSPS) is 14.1. The van der Waals surface area contributed by atoms with Gasteiger partial charge in [-0.1, -0.05) is 61.7 Å². The smallest absolute Gasteiger partial charge is 0.115 e. The van der Waals surface area contributed by atoms with Crippen molar-refractivity contribution in [2.75, 3.05) is 0 Å². The molecular formula is C19H21ClO2. The monoisotopic (exact) mass is 316 g/mol. The van der Waals surface area contributed by atoms with Crippen LogP contribution in [0.25, 0.3) is 6.08 Å². The first-order valence-electron chi connectivity index (χ1n) is 7.50. The molecule has 0 radical (unpaired) electrons. The van der Waals surface area contributed by atoms with E-state index >= 15 is 0 Å². The van der Waals surface area contributed by atoms with Crippen molar-refractivity contribution in [2.45, 2.75) is 31.8 Å². The molecule has 2 rings (SSSR count). The molecule has 116 valence electrons. The van der Waals surface area contributed by atoms with Gasteiger partial charge in [-0.2, -0.15) is 0 Å². The quantitative estimate of drug-likeness (QED) is 0.775. The van der Waals surface area contributed by atoms with Crippen LogP contribution >= 0.6 is 11.6 Å². The summed E-state index contributed by atoms with van der Waals surface area (Å²) in [5.74, 6) is 0.160. The number of phenols is 1. The first-order valence-corrected chi connectivity index (χ1v) is 7.88. The zero-order valence-electron chi connectivity index (χ0n) is 12.7. The first-order chi connectivity index (χ1) is 10.5. The second-order valence-corrected chi connectivity index (χ2v) is 5.90. The van der Waals surface area contributed by atoms with Crippen molar-refractivity contribution in [3.8, 4) is 5.75 Å². The Morgan fingerprint density at radius 3 is 2.50 bits per heavy atom. The molecule has 0 saturated heterocycles. The fourth-order valence-electron chi connectivity index (χ4n) is 2.35. The molecule has 0 aliphatic heterocycles. The van der Waals surface area contributed by atoms with E-state index in [9.17, 15) is 10.2 Å². The van der Waals surface area contributed by atoms with Crippen LogP contribution < -0.4 is 0 Å². The number of halogens is 1. The van der Waals surface area contributed by atoms with Crippen molar-refractivity contribution >= 4 is 17.7 Å². The van der Waals surface area contributed by atoms with E-state index in [1.807, 2.05) is 36.4 Å². The van der Waals surface area contributed by atoms with Crippen molar-refractivity contribution in [3.05, 3.63) is 70.8 Å². The summed E-state index contributed by atoms with van der Waals surface area (Å²) in [5.41, 5.74) is 0.583. The Balaban J connectivity index is 2.30. The summed E-state index contributed by atoms with van der Waals surface area (Å²) < 4.78 is 0. The summed E-state index contributed by atoms with van der Waals surface area (Å²) >= 11 is 5.88. The maximum atomic E-state index is 11.0. The Morgan fingerprint density at radius 1 is 1.14 bits per heavy atom. The topological polar surface area (TPSA) is 40.5 Å². The van der Waals surface area contributed by atoms with Crippen LogP contribution in [0.1, 0.15) is 37.3 Å².